The van der Waals surface area contributed by atoms with Crippen molar-refractivity contribution in [3.63, 3.8) is 0 Å². The number of aldehydes is 1. The lowest BCUT2D eigenvalue weighted by atomic mass is 9.75. The normalized spacial score (nSPS) is 44.3. The van der Waals surface area contributed by atoms with Gasteiger partial charge in [0.05, 0.1) is 6.04 Å². The van der Waals surface area contributed by atoms with Gasteiger partial charge in [0.25, 0.3) is 0 Å². The minimum absolute atomic E-state index is 0.238. The first-order chi connectivity index (χ1) is 5.33. The monoisotopic (exact) mass is 153 g/mol. The Balaban J connectivity index is 2.16. The zero-order chi connectivity index (χ0) is 7.84. The number of likely N-dealkylation sites (N-methyl/N-ethyl adjacent to an activating group) is 1. The predicted molar refractivity (Wildman–Crippen MR) is 43.4 cm³/mol. The molecular weight excluding hydrogens is 138 g/mol. The van der Waals surface area contributed by atoms with Gasteiger partial charge in [-0.2, -0.15) is 0 Å². The molecule has 1 aliphatic carbocycles. The van der Waals surface area contributed by atoms with Gasteiger partial charge in [-0.15, -0.1) is 0 Å². The highest BCUT2D eigenvalue weighted by Gasteiger charge is 2.39. The molecule has 3 fully saturated rings. The van der Waals surface area contributed by atoms with Crippen LogP contribution >= 0.6 is 0 Å². The standard InChI is InChI=1S/C9H15NO/c1-10-8-4-2-7(3-5-8)9(10)6-11/h6-9H,2-5H2,1H3. The maximum atomic E-state index is 10.7. The van der Waals surface area contributed by atoms with Gasteiger partial charge in [0, 0.05) is 6.04 Å². The van der Waals surface area contributed by atoms with Crippen molar-refractivity contribution in [3.8, 4) is 0 Å². The summed E-state index contributed by atoms with van der Waals surface area (Å²) in [6.07, 6.45) is 6.31. The summed E-state index contributed by atoms with van der Waals surface area (Å²) in [6.45, 7) is 0. The van der Waals surface area contributed by atoms with E-state index in [-0.39, 0.29) is 6.04 Å². The fourth-order valence-corrected chi connectivity index (χ4v) is 2.63. The van der Waals surface area contributed by atoms with Crippen LogP contribution in [0.25, 0.3) is 0 Å². The molecule has 3 aliphatic rings. The van der Waals surface area contributed by atoms with Crippen molar-refractivity contribution >= 4 is 6.29 Å². The second-order valence-electron chi connectivity index (χ2n) is 3.86. The van der Waals surface area contributed by atoms with E-state index in [0.717, 1.165) is 6.29 Å². The summed E-state index contributed by atoms with van der Waals surface area (Å²) in [5, 5.41) is 0. The van der Waals surface area contributed by atoms with Gasteiger partial charge >= 0.3 is 0 Å². The van der Waals surface area contributed by atoms with Crippen LogP contribution in [0.5, 0.6) is 0 Å². The van der Waals surface area contributed by atoms with Crippen molar-refractivity contribution in [1.82, 2.24) is 4.90 Å². The number of nitrogens with zero attached hydrogens (tertiary/aromatic N) is 1. The lowest BCUT2D eigenvalue weighted by Gasteiger charge is -2.47. The fraction of sp³-hybridized carbons (Fsp3) is 0.889. The molecule has 0 aromatic carbocycles. The SMILES string of the molecule is CN1C2CCC(CC2)C1C=O. The van der Waals surface area contributed by atoms with Crippen LogP contribution in [0, 0.1) is 5.92 Å². The number of piperidine rings is 2. The van der Waals surface area contributed by atoms with Crippen molar-refractivity contribution in [2.24, 2.45) is 5.92 Å². The topological polar surface area (TPSA) is 20.3 Å². The highest BCUT2D eigenvalue weighted by Crippen LogP contribution is 2.37. The molecule has 0 aromatic rings. The third-order valence-corrected chi connectivity index (χ3v) is 3.41. The molecule has 3 rings (SSSR count). The maximum absolute atomic E-state index is 10.7. The van der Waals surface area contributed by atoms with E-state index >= 15 is 0 Å². The van der Waals surface area contributed by atoms with Gasteiger partial charge in [0.1, 0.15) is 6.29 Å². The van der Waals surface area contributed by atoms with E-state index in [2.05, 4.69) is 11.9 Å². The third-order valence-electron chi connectivity index (χ3n) is 3.41. The average molecular weight is 153 g/mol. The van der Waals surface area contributed by atoms with Crippen molar-refractivity contribution in [1.29, 1.82) is 0 Å². The minimum atomic E-state index is 0.238. The van der Waals surface area contributed by atoms with E-state index in [1.807, 2.05) is 0 Å². The van der Waals surface area contributed by atoms with E-state index in [1.54, 1.807) is 0 Å². The van der Waals surface area contributed by atoms with Gasteiger partial charge in [0.2, 0.25) is 0 Å². The summed E-state index contributed by atoms with van der Waals surface area (Å²) in [4.78, 5) is 13.0. The molecule has 2 nitrogen and oxygen atoms in total. The molecule has 1 atom stereocenters. The molecule has 1 saturated carbocycles. The zero-order valence-corrected chi connectivity index (χ0v) is 6.99. The van der Waals surface area contributed by atoms with Gasteiger partial charge in [-0.05, 0) is 38.6 Å². The predicted octanol–water partition coefficient (Wildman–Crippen LogP) is 1.06. The molecule has 1 unspecified atom stereocenters. The van der Waals surface area contributed by atoms with E-state index < -0.39 is 0 Å². The summed E-state index contributed by atoms with van der Waals surface area (Å²) in [7, 11) is 2.09. The summed E-state index contributed by atoms with van der Waals surface area (Å²) < 4.78 is 0. The van der Waals surface area contributed by atoms with E-state index in [9.17, 15) is 4.79 Å². The second-order valence-corrected chi connectivity index (χ2v) is 3.86. The van der Waals surface area contributed by atoms with Gasteiger partial charge in [0.15, 0.2) is 0 Å². The van der Waals surface area contributed by atoms with Gasteiger partial charge in [-0.25, -0.2) is 0 Å². The summed E-state index contributed by atoms with van der Waals surface area (Å²) in [5.41, 5.74) is 0. The van der Waals surface area contributed by atoms with Gasteiger partial charge in [-0.3, -0.25) is 4.90 Å². The molecule has 2 heterocycles. The lowest BCUT2D eigenvalue weighted by Crippen LogP contribution is -2.53. The Kier molecular flexibility index (Phi) is 1.72. The summed E-state index contributed by atoms with van der Waals surface area (Å²) in [6, 6.07) is 0.942. The molecule has 0 radical (unpaired) electrons. The minimum Gasteiger partial charge on any atom is -0.302 e. The highest BCUT2D eigenvalue weighted by molar-refractivity contribution is 5.58. The maximum Gasteiger partial charge on any atom is 0.137 e. The molecule has 0 spiro atoms. The Bertz CT molecular complexity index is 159. The Morgan fingerprint density at radius 1 is 1.27 bits per heavy atom. The fourth-order valence-electron chi connectivity index (χ4n) is 2.63. The molecule has 0 N–H and O–H groups in total. The summed E-state index contributed by atoms with van der Waals surface area (Å²) in [5.74, 6) is 0.669. The Morgan fingerprint density at radius 3 is 2.27 bits per heavy atom. The van der Waals surface area contributed by atoms with E-state index in [1.165, 1.54) is 25.7 Å². The zero-order valence-electron chi connectivity index (χ0n) is 6.99. The van der Waals surface area contributed by atoms with Crippen molar-refractivity contribution in [3.05, 3.63) is 0 Å². The molecule has 2 saturated heterocycles. The van der Waals surface area contributed by atoms with Crippen LogP contribution in [0.2, 0.25) is 0 Å². The molecule has 62 valence electrons. The van der Waals surface area contributed by atoms with Crippen LogP contribution in [0.15, 0.2) is 0 Å². The Labute approximate surface area is 67.6 Å². The molecule has 2 heteroatoms. The van der Waals surface area contributed by atoms with Crippen LogP contribution in [0.3, 0.4) is 0 Å². The third kappa shape index (κ3) is 1.00. The average Bonchev–Trinajstić information content (AvgIpc) is 2.06. The smallest absolute Gasteiger partial charge is 0.137 e. The molecular formula is C9H15NO. The number of rotatable bonds is 1. The van der Waals surface area contributed by atoms with E-state index in [0.29, 0.717) is 12.0 Å². The Morgan fingerprint density at radius 2 is 1.91 bits per heavy atom. The number of carbonyl (C=O) groups is 1. The molecule has 0 aromatic heterocycles. The van der Waals surface area contributed by atoms with Gasteiger partial charge in [-0.1, -0.05) is 0 Å². The van der Waals surface area contributed by atoms with Crippen molar-refractivity contribution < 1.29 is 4.79 Å². The molecule has 0 amide bonds. The van der Waals surface area contributed by atoms with Crippen LogP contribution in [0.1, 0.15) is 25.7 Å². The molecule has 2 bridgehead atoms. The van der Waals surface area contributed by atoms with E-state index in [4.69, 9.17) is 0 Å². The number of hydrogen-bond donors (Lipinski definition) is 0. The first-order valence-corrected chi connectivity index (χ1v) is 4.50. The molecule has 2 aliphatic heterocycles. The largest absolute Gasteiger partial charge is 0.302 e. The number of fused-ring (bicyclic) bond motifs is 3. The van der Waals surface area contributed by atoms with Crippen LogP contribution in [-0.4, -0.2) is 30.3 Å². The number of hydrogen-bond acceptors (Lipinski definition) is 2. The second kappa shape index (κ2) is 2.59. The number of carbonyl (C=O) groups excluding carboxylic acids is 1. The Hall–Kier alpha value is -0.370. The quantitative estimate of drug-likeness (QED) is 0.525. The highest BCUT2D eigenvalue weighted by atomic mass is 16.1. The van der Waals surface area contributed by atoms with Crippen molar-refractivity contribution in [2.75, 3.05) is 7.05 Å². The van der Waals surface area contributed by atoms with Crippen LogP contribution < -0.4 is 0 Å². The van der Waals surface area contributed by atoms with Crippen LogP contribution in [0.4, 0.5) is 0 Å². The van der Waals surface area contributed by atoms with Gasteiger partial charge < -0.3 is 4.79 Å². The summed E-state index contributed by atoms with van der Waals surface area (Å²) >= 11 is 0. The lowest BCUT2D eigenvalue weighted by molar-refractivity contribution is -0.119. The first kappa shape index (κ1) is 7.29. The first-order valence-electron chi connectivity index (χ1n) is 4.50. The van der Waals surface area contributed by atoms with Crippen molar-refractivity contribution in [2.45, 2.75) is 37.8 Å². The van der Waals surface area contributed by atoms with Crippen LogP contribution in [-0.2, 0) is 4.79 Å². The molecule has 11 heavy (non-hydrogen) atoms.